The van der Waals surface area contributed by atoms with Gasteiger partial charge in [-0.2, -0.15) is 0 Å². The Labute approximate surface area is 128 Å². The molecular weight excluding hydrogens is 288 g/mol. The number of carbonyl (C=O) groups is 3. The van der Waals surface area contributed by atoms with E-state index in [1.807, 2.05) is 0 Å². The summed E-state index contributed by atoms with van der Waals surface area (Å²) in [6, 6.07) is 0. The number of fused-ring (bicyclic) bond motifs is 2. The smallest absolute Gasteiger partial charge is 0.310 e. The fraction of sp³-hybridized carbons (Fsp3) is 0.667. The van der Waals surface area contributed by atoms with Gasteiger partial charge in [-0.15, -0.1) is 0 Å². The molecule has 0 aliphatic carbocycles. The van der Waals surface area contributed by atoms with Crippen molar-refractivity contribution in [3.05, 3.63) is 12.2 Å². The van der Waals surface area contributed by atoms with Gasteiger partial charge in [-0.3, -0.25) is 14.4 Å². The molecule has 0 aromatic carbocycles. The molecule has 3 aliphatic rings. The van der Waals surface area contributed by atoms with Crippen LogP contribution in [-0.4, -0.2) is 59.6 Å². The lowest BCUT2D eigenvalue weighted by Crippen LogP contribution is -2.43. The molecule has 3 rings (SSSR count). The number of carboxylic acid groups (broad SMARTS) is 1. The third kappa shape index (κ3) is 2.72. The first-order valence-electron chi connectivity index (χ1n) is 7.70. The third-order valence-corrected chi connectivity index (χ3v) is 4.56. The fourth-order valence-corrected chi connectivity index (χ4v) is 3.45. The number of amides is 2. The van der Waals surface area contributed by atoms with Gasteiger partial charge in [0.2, 0.25) is 11.8 Å². The Morgan fingerprint density at radius 2 is 2.05 bits per heavy atom. The Kier molecular flexibility index (Phi) is 4.15. The summed E-state index contributed by atoms with van der Waals surface area (Å²) in [5.41, 5.74) is 0. The molecule has 0 radical (unpaired) electrons. The number of hydrogen-bond donors (Lipinski definition) is 2. The van der Waals surface area contributed by atoms with Crippen LogP contribution in [-0.2, 0) is 19.1 Å². The third-order valence-electron chi connectivity index (χ3n) is 4.56. The number of carbonyl (C=O) groups excluding carboxylic acids is 2. The first-order valence-corrected chi connectivity index (χ1v) is 7.70. The maximum atomic E-state index is 12.2. The van der Waals surface area contributed by atoms with Crippen LogP contribution in [0.4, 0.5) is 0 Å². The molecule has 0 aromatic rings. The van der Waals surface area contributed by atoms with Gasteiger partial charge < -0.3 is 20.1 Å². The number of rotatable bonds is 6. The molecule has 0 aromatic heterocycles. The SMILES string of the molecule is O=C(NCCCN1CCCC1=O)[C@@H]1[C@H](C(=O)O)[C@@H]2C=C[C@H]1O2. The molecule has 3 heterocycles. The van der Waals surface area contributed by atoms with Gasteiger partial charge in [0, 0.05) is 26.1 Å². The van der Waals surface area contributed by atoms with Crippen molar-refractivity contribution in [1.29, 1.82) is 0 Å². The molecule has 2 N–H and O–H groups in total. The second kappa shape index (κ2) is 6.08. The minimum absolute atomic E-state index is 0.170. The number of nitrogens with zero attached hydrogens (tertiary/aromatic N) is 1. The lowest BCUT2D eigenvalue weighted by atomic mass is 9.82. The number of carboxylic acids is 1. The first-order chi connectivity index (χ1) is 10.6. The zero-order valence-electron chi connectivity index (χ0n) is 12.2. The summed E-state index contributed by atoms with van der Waals surface area (Å²) in [7, 11) is 0. The Hall–Kier alpha value is -1.89. The van der Waals surface area contributed by atoms with Gasteiger partial charge >= 0.3 is 5.97 Å². The number of ether oxygens (including phenoxy) is 1. The van der Waals surface area contributed by atoms with E-state index in [4.69, 9.17) is 4.74 Å². The van der Waals surface area contributed by atoms with Gasteiger partial charge in [0.05, 0.1) is 18.1 Å². The van der Waals surface area contributed by atoms with Crippen LogP contribution in [0.3, 0.4) is 0 Å². The summed E-state index contributed by atoms with van der Waals surface area (Å²) in [6.07, 6.45) is 4.73. The number of aliphatic carboxylic acids is 1. The van der Waals surface area contributed by atoms with E-state index in [0.717, 1.165) is 13.0 Å². The van der Waals surface area contributed by atoms with Gasteiger partial charge in [-0.05, 0) is 12.8 Å². The summed E-state index contributed by atoms with van der Waals surface area (Å²) >= 11 is 0. The van der Waals surface area contributed by atoms with Crippen molar-refractivity contribution in [2.24, 2.45) is 11.8 Å². The molecule has 0 spiro atoms. The molecule has 3 aliphatic heterocycles. The van der Waals surface area contributed by atoms with Crippen molar-refractivity contribution in [3.8, 4) is 0 Å². The Morgan fingerprint density at radius 1 is 1.32 bits per heavy atom. The van der Waals surface area contributed by atoms with Crippen molar-refractivity contribution in [1.82, 2.24) is 10.2 Å². The molecule has 120 valence electrons. The largest absolute Gasteiger partial charge is 0.481 e. The molecule has 2 saturated heterocycles. The minimum Gasteiger partial charge on any atom is -0.481 e. The zero-order valence-corrected chi connectivity index (χ0v) is 12.2. The molecule has 2 amide bonds. The first kappa shape index (κ1) is 15.0. The van der Waals surface area contributed by atoms with E-state index in [1.165, 1.54) is 0 Å². The summed E-state index contributed by atoms with van der Waals surface area (Å²) in [4.78, 5) is 36.8. The predicted octanol–water partition coefficient (Wildman–Crippen LogP) is -0.231. The van der Waals surface area contributed by atoms with E-state index in [-0.39, 0.29) is 11.8 Å². The van der Waals surface area contributed by atoms with Crippen molar-refractivity contribution in [2.45, 2.75) is 31.5 Å². The summed E-state index contributed by atoms with van der Waals surface area (Å²) in [5.74, 6) is -2.59. The van der Waals surface area contributed by atoms with Crippen LogP contribution in [0.5, 0.6) is 0 Å². The highest BCUT2D eigenvalue weighted by Crippen LogP contribution is 2.39. The van der Waals surface area contributed by atoms with Gasteiger partial charge in [-0.1, -0.05) is 12.2 Å². The predicted molar refractivity (Wildman–Crippen MR) is 75.9 cm³/mol. The van der Waals surface area contributed by atoms with Gasteiger partial charge in [-0.25, -0.2) is 0 Å². The highest BCUT2D eigenvalue weighted by Gasteiger charge is 2.53. The quantitative estimate of drug-likeness (QED) is 0.522. The van der Waals surface area contributed by atoms with Crippen LogP contribution in [0.25, 0.3) is 0 Å². The van der Waals surface area contributed by atoms with Crippen LogP contribution in [0.1, 0.15) is 19.3 Å². The lowest BCUT2D eigenvalue weighted by molar-refractivity contribution is -0.146. The Balaban J connectivity index is 1.46. The van der Waals surface area contributed by atoms with E-state index in [1.54, 1.807) is 17.1 Å². The van der Waals surface area contributed by atoms with E-state index >= 15 is 0 Å². The fourth-order valence-electron chi connectivity index (χ4n) is 3.45. The molecule has 22 heavy (non-hydrogen) atoms. The van der Waals surface area contributed by atoms with E-state index in [2.05, 4.69) is 5.32 Å². The van der Waals surface area contributed by atoms with Crippen LogP contribution in [0.15, 0.2) is 12.2 Å². The number of likely N-dealkylation sites (tertiary alicyclic amines) is 1. The highest BCUT2D eigenvalue weighted by atomic mass is 16.5. The van der Waals surface area contributed by atoms with E-state index in [9.17, 15) is 19.5 Å². The maximum Gasteiger partial charge on any atom is 0.310 e. The standard InChI is InChI=1S/C15H20N2O5/c18-11-3-1-7-17(11)8-2-6-16-14(19)12-9-4-5-10(22-9)13(12)15(20)21/h4-5,9-10,12-13H,1-3,6-8H2,(H,16,19)(H,20,21)/t9-,10+,12+,13-/m1/s1. The minimum atomic E-state index is -1.00. The maximum absolute atomic E-state index is 12.2. The monoisotopic (exact) mass is 308 g/mol. The van der Waals surface area contributed by atoms with Crippen LogP contribution < -0.4 is 5.32 Å². The summed E-state index contributed by atoms with van der Waals surface area (Å²) in [6.45, 7) is 1.86. The normalized spacial score (nSPS) is 32.7. The molecular formula is C15H20N2O5. The number of nitrogens with one attached hydrogen (secondary N) is 1. The van der Waals surface area contributed by atoms with Crippen molar-refractivity contribution >= 4 is 17.8 Å². The molecule has 2 fully saturated rings. The van der Waals surface area contributed by atoms with Gasteiger partial charge in [0.15, 0.2) is 0 Å². The second-order valence-corrected chi connectivity index (χ2v) is 5.97. The van der Waals surface area contributed by atoms with Crippen molar-refractivity contribution in [2.75, 3.05) is 19.6 Å². The van der Waals surface area contributed by atoms with Crippen LogP contribution >= 0.6 is 0 Å². The second-order valence-electron chi connectivity index (χ2n) is 5.97. The topological polar surface area (TPSA) is 95.9 Å². The summed E-state index contributed by atoms with van der Waals surface area (Å²) < 4.78 is 5.48. The highest BCUT2D eigenvalue weighted by molar-refractivity contribution is 5.87. The molecule has 7 nitrogen and oxygen atoms in total. The average molecular weight is 308 g/mol. The lowest BCUT2D eigenvalue weighted by Gasteiger charge is -2.21. The van der Waals surface area contributed by atoms with Crippen molar-refractivity contribution < 1.29 is 24.2 Å². The van der Waals surface area contributed by atoms with Crippen molar-refractivity contribution in [3.63, 3.8) is 0 Å². The average Bonchev–Trinajstić information content (AvgIpc) is 3.18. The molecule has 4 atom stereocenters. The molecule has 7 heteroatoms. The Bertz CT molecular complexity index is 518. The zero-order chi connectivity index (χ0) is 15.7. The number of hydrogen-bond acceptors (Lipinski definition) is 4. The van der Waals surface area contributed by atoms with Gasteiger partial charge in [0.25, 0.3) is 0 Å². The molecule has 0 saturated carbocycles. The van der Waals surface area contributed by atoms with Gasteiger partial charge in [0.1, 0.15) is 5.92 Å². The summed E-state index contributed by atoms with van der Waals surface area (Å²) in [5, 5.41) is 12.0. The van der Waals surface area contributed by atoms with Crippen LogP contribution in [0.2, 0.25) is 0 Å². The Morgan fingerprint density at radius 3 is 2.68 bits per heavy atom. The molecule has 2 bridgehead atoms. The molecule has 0 unspecified atom stereocenters. The van der Waals surface area contributed by atoms with E-state index < -0.39 is 30.0 Å². The van der Waals surface area contributed by atoms with Crippen LogP contribution in [0, 0.1) is 11.8 Å². The van der Waals surface area contributed by atoms with E-state index in [0.29, 0.717) is 25.9 Å².